The smallest absolute Gasteiger partial charge is 0.341 e. The van der Waals surface area contributed by atoms with Crippen LogP contribution in [-0.2, 0) is 22.4 Å². The third kappa shape index (κ3) is 4.91. The molecule has 1 aromatic carbocycles. The number of thiophene rings is 1. The molecule has 0 saturated heterocycles. The molecule has 0 radical (unpaired) electrons. The van der Waals surface area contributed by atoms with Gasteiger partial charge in [0.05, 0.1) is 23.2 Å². The molecule has 1 aliphatic rings. The topological polar surface area (TPSA) is 108 Å². The molecular formula is C23H25N3O5S2. The van der Waals surface area contributed by atoms with Gasteiger partial charge < -0.3 is 19.7 Å². The second-order valence-corrected chi connectivity index (χ2v) is 9.97. The summed E-state index contributed by atoms with van der Waals surface area (Å²) in [5.41, 5.74) is 2.11. The Morgan fingerprint density at radius 3 is 2.76 bits per heavy atom. The molecule has 2 aromatic heterocycles. The van der Waals surface area contributed by atoms with E-state index in [9.17, 15) is 14.7 Å². The third-order valence-electron chi connectivity index (χ3n) is 5.54. The van der Waals surface area contributed by atoms with E-state index in [2.05, 4.69) is 10.6 Å². The highest BCUT2D eigenvalue weighted by Crippen LogP contribution is 2.39. The van der Waals surface area contributed by atoms with E-state index in [-0.39, 0.29) is 10.9 Å². The Morgan fingerprint density at radius 2 is 2.03 bits per heavy atom. The average molecular weight is 488 g/mol. The minimum absolute atomic E-state index is 0.221. The number of anilines is 1. The van der Waals surface area contributed by atoms with Gasteiger partial charge in [0, 0.05) is 17.0 Å². The van der Waals surface area contributed by atoms with E-state index in [0.29, 0.717) is 22.7 Å². The average Bonchev–Trinajstić information content (AvgIpc) is 3.27. The number of aryl methyl sites for hydroxylation is 1. The van der Waals surface area contributed by atoms with Crippen LogP contribution in [0.3, 0.4) is 0 Å². The molecule has 4 rings (SSSR count). The van der Waals surface area contributed by atoms with Gasteiger partial charge >= 0.3 is 5.97 Å². The number of para-hydroxylation sites is 1. The van der Waals surface area contributed by atoms with Gasteiger partial charge in [-0.1, -0.05) is 31.5 Å². The van der Waals surface area contributed by atoms with Gasteiger partial charge in [0.2, 0.25) is 11.6 Å². The number of esters is 1. The van der Waals surface area contributed by atoms with Crippen LogP contribution in [0.25, 0.3) is 5.69 Å². The highest BCUT2D eigenvalue weighted by Gasteiger charge is 2.31. The maximum Gasteiger partial charge on any atom is 0.341 e. The predicted molar refractivity (Wildman–Crippen MR) is 123 cm³/mol. The van der Waals surface area contributed by atoms with Crippen molar-refractivity contribution < 1.29 is 28.6 Å². The lowest BCUT2D eigenvalue weighted by Gasteiger charge is -2.13. The Balaban J connectivity index is 1.59. The maximum atomic E-state index is 13.2. The largest absolute Gasteiger partial charge is 0.538 e. The van der Waals surface area contributed by atoms with Gasteiger partial charge in [-0.15, -0.1) is 11.3 Å². The molecule has 1 unspecified atom stereocenters. The molecule has 174 valence electrons. The second-order valence-electron chi connectivity index (χ2n) is 7.68. The van der Waals surface area contributed by atoms with Crippen LogP contribution in [0.1, 0.15) is 53.4 Å². The molecule has 1 aliphatic carbocycles. The first-order chi connectivity index (χ1) is 16.0. The van der Waals surface area contributed by atoms with Crippen molar-refractivity contribution in [1.82, 2.24) is 5.27 Å². The number of benzene rings is 1. The van der Waals surface area contributed by atoms with Gasteiger partial charge in [-0.05, 0) is 54.1 Å². The number of methoxy groups -OCH3 is 1. The van der Waals surface area contributed by atoms with Crippen molar-refractivity contribution in [3.63, 3.8) is 0 Å². The minimum atomic E-state index is -0.604. The van der Waals surface area contributed by atoms with E-state index in [0.717, 1.165) is 54.3 Å². The summed E-state index contributed by atoms with van der Waals surface area (Å²) < 4.78 is 11.3. The Morgan fingerprint density at radius 1 is 1.27 bits per heavy atom. The van der Waals surface area contributed by atoms with Crippen molar-refractivity contribution in [3.8, 4) is 11.6 Å². The van der Waals surface area contributed by atoms with Crippen LogP contribution in [0.4, 0.5) is 5.00 Å². The lowest BCUT2D eigenvalue weighted by atomic mass is 10.1. The Kier molecular flexibility index (Phi) is 7.34. The molecule has 0 spiro atoms. The monoisotopic (exact) mass is 487 g/mol. The Bertz CT molecular complexity index is 1140. The summed E-state index contributed by atoms with van der Waals surface area (Å²) in [6.45, 7) is 1.87. The first-order valence-electron chi connectivity index (χ1n) is 10.9. The summed E-state index contributed by atoms with van der Waals surface area (Å²) in [7, 11) is 1.35. The number of hydrogen-bond donors (Lipinski definition) is 1. The van der Waals surface area contributed by atoms with Crippen molar-refractivity contribution in [2.24, 2.45) is 0 Å². The lowest BCUT2D eigenvalue weighted by Crippen LogP contribution is -2.36. The zero-order valence-electron chi connectivity index (χ0n) is 18.5. The van der Waals surface area contributed by atoms with E-state index in [1.54, 1.807) is 12.1 Å². The second kappa shape index (κ2) is 10.4. The molecule has 3 aromatic rings. The van der Waals surface area contributed by atoms with Crippen LogP contribution < -0.4 is 15.1 Å². The number of aromatic nitrogens is 2. The van der Waals surface area contributed by atoms with Crippen LogP contribution in [0, 0.1) is 0 Å². The summed E-state index contributed by atoms with van der Waals surface area (Å²) >= 11 is 2.55. The van der Waals surface area contributed by atoms with Crippen molar-refractivity contribution in [3.05, 3.63) is 46.3 Å². The van der Waals surface area contributed by atoms with Gasteiger partial charge in [-0.25, -0.2) is 4.79 Å². The summed E-state index contributed by atoms with van der Waals surface area (Å²) in [6, 6.07) is 9.12. The van der Waals surface area contributed by atoms with Crippen LogP contribution in [0.2, 0.25) is 0 Å². The minimum Gasteiger partial charge on any atom is -0.538 e. The van der Waals surface area contributed by atoms with Crippen molar-refractivity contribution >= 4 is 40.0 Å². The predicted octanol–water partition coefficient (Wildman–Crippen LogP) is 3.65. The quantitative estimate of drug-likeness (QED) is 0.234. The molecule has 10 heteroatoms. The van der Waals surface area contributed by atoms with Crippen molar-refractivity contribution in [2.75, 3.05) is 12.4 Å². The summed E-state index contributed by atoms with van der Waals surface area (Å²) in [5, 5.41) is 19.3. The molecule has 8 nitrogen and oxygen atoms in total. The molecule has 0 bridgehead atoms. The fourth-order valence-corrected chi connectivity index (χ4v) is 6.12. The Hall–Kier alpha value is -2.85. The molecule has 1 amide bonds. The van der Waals surface area contributed by atoms with Crippen molar-refractivity contribution in [1.29, 1.82) is 0 Å². The van der Waals surface area contributed by atoms with Crippen LogP contribution in [0.15, 0.2) is 39.9 Å². The molecule has 2 heterocycles. The van der Waals surface area contributed by atoms with Gasteiger partial charge in [0.15, 0.2) is 5.95 Å². The van der Waals surface area contributed by atoms with Gasteiger partial charge in [0.1, 0.15) is 5.00 Å². The highest BCUT2D eigenvalue weighted by molar-refractivity contribution is 8.00. The zero-order chi connectivity index (χ0) is 23.4. The van der Waals surface area contributed by atoms with Crippen LogP contribution in [-0.4, -0.2) is 29.5 Å². The maximum absolute atomic E-state index is 13.2. The number of hydrogen-bond acceptors (Lipinski definition) is 8. The molecule has 33 heavy (non-hydrogen) atoms. The van der Waals surface area contributed by atoms with E-state index in [1.807, 2.05) is 25.1 Å². The lowest BCUT2D eigenvalue weighted by molar-refractivity contribution is -0.705. The molecule has 1 atom stereocenters. The molecule has 0 saturated carbocycles. The number of carbonyl (C=O) groups excluding carboxylic acids is 2. The first-order valence-corrected chi connectivity index (χ1v) is 12.6. The van der Waals surface area contributed by atoms with Gasteiger partial charge in [-0.3, -0.25) is 4.79 Å². The third-order valence-corrected chi connectivity index (χ3v) is 8.14. The molecular weight excluding hydrogens is 462 g/mol. The highest BCUT2D eigenvalue weighted by atomic mass is 32.2. The standard InChI is InChI=1S/C23H25N3O5S2/c1-3-16(33-21-23(29)31-25-26(21)14-10-6-4-7-11-14)19(27)24-20-18(22(28)30-2)15-12-8-5-9-13-17(15)32-20/h4,6-7,10-11,16H,3,5,8-9,12-13H2,1-2H3,(H-,24,25,27,28,29). The first kappa shape index (κ1) is 23.3. The van der Waals surface area contributed by atoms with Crippen molar-refractivity contribution in [2.45, 2.75) is 55.7 Å². The summed E-state index contributed by atoms with van der Waals surface area (Å²) in [6.07, 6.45) is 5.35. The molecule has 1 N–H and O–H groups in total. The van der Waals surface area contributed by atoms with E-state index in [1.165, 1.54) is 23.1 Å². The van der Waals surface area contributed by atoms with Gasteiger partial charge in [0.25, 0.3) is 5.03 Å². The summed E-state index contributed by atoms with van der Waals surface area (Å²) in [5.74, 6) is -1.33. The number of nitrogens with zero attached hydrogens (tertiary/aromatic N) is 2. The number of thioether (sulfide) groups is 1. The zero-order valence-corrected chi connectivity index (χ0v) is 20.1. The number of nitrogens with one attached hydrogen (secondary N) is 1. The van der Waals surface area contributed by atoms with E-state index >= 15 is 0 Å². The number of fused-ring (bicyclic) bond motifs is 1. The number of rotatable bonds is 7. The fraction of sp³-hybridized carbons (Fsp3) is 0.391. The fourth-order valence-electron chi connectivity index (χ4n) is 3.87. The Labute approximate surface area is 199 Å². The SMILES string of the molecule is CCC(Sc1c([O-])on[n+]1-c1ccccc1)C(=O)Nc1sc2c(c1C(=O)OC)CCCCC2. The number of carbonyl (C=O) groups is 2. The van der Waals surface area contributed by atoms with Crippen LogP contribution in [0.5, 0.6) is 5.95 Å². The van der Waals surface area contributed by atoms with E-state index in [4.69, 9.17) is 9.26 Å². The molecule has 0 fully saturated rings. The number of ether oxygens (including phenoxy) is 1. The summed E-state index contributed by atoms with van der Waals surface area (Å²) in [4.78, 5) is 26.9. The van der Waals surface area contributed by atoms with E-state index < -0.39 is 17.2 Å². The van der Waals surface area contributed by atoms with Crippen LogP contribution >= 0.6 is 23.1 Å². The number of amides is 1. The molecule has 0 aliphatic heterocycles. The van der Waals surface area contributed by atoms with Gasteiger partial charge in [-0.2, -0.15) is 0 Å². The normalized spacial score (nSPS) is 14.2.